The third kappa shape index (κ3) is 1.81. The minimum Gasteiger partial charge on any atom is -0.394 e. The fourth-order valence-electron chi connectivity index (χ4n) is 1.75. The Labute approximate surface area is 87.5 Å². The first-order valence-corrected chi connectivity index (χ1v) is 5.05. The molecule has 0 amide bonds. The molecule has 76 valence electrons. The number of rotatable bonds is 2. The van der Waals surface area contributed by atoms with Crippen LogP contribution in [-0.4, -0.2) is 34.3 Å². The summed E-state index contributed by atoms with van der Waals surface area (Å²) in [6, 6.07) is 1.79. The quantitative estimate of drug-likeness (QED) is 0.748. The van der Waals surface area contributed by atoms with E-state index in [1.807, 2.05) is 4.90 Å². The summed E-state index contributed by atoms with van der Waals surface area (Å²) in [5, 5.41) is 9.58. The molecule has 0 spiro atoms. The SMILES string of the molecule is OCC1CCCN1c1nccc(Cl)n1. The lowest BCUT2D eigenvalue weighted by Gasteiger charge is -2.22. The maximum Gasteiger partial charge on any atom is 0.227 e. The Morgan fingerprint density at radius 1 is 1.64 bits per heavy atom. The highest BCUT2D eigenvalue weighted by atomic mass is 35.5. The normalized spacial score (nSPS) is 21.6. The maximum atomic E-state index is 9.14. The summed E-state index contributed by atoms with van der Waals surface area (Å²) in [5.74, 6) is 0.619. The Morgan fingerprint density at radius 3 is 3.21 bits per heavy atom. The van der Waals surface area contributed by atoms with Gasteiger partial charge in [-0.1, -0.05) is 11.6 Å². The zero-order chi connectivity index (χ0) is 9.97. The van der Waals surface area contributed by atoms with Gasteiger partial charge in [0.05, 0.1) is 12.6 Å². The van der Waals surface area contributed by atoms with E-state index in [4.69, 9.17) is 16.7 Å². The second-order valence-corrected chi connectivity index (χ2v) is 3.74. The Balaban J connectivity index is 2.21. The van der Waals surface area contributed by atoms with Gasteiger partial charge in [-0.3, -0.25) is 0 Å². The number of aliphatic hydroxyl groups is 1. The lowest BCUT2D eigenvalue weighted by atomic mass is 10.2. The van der Waals surface area contributed by atoms with Crippen LogP contribution in [0.3, 0.4) is 0 Å². The number of aromatic nitrogens is 2. The highest BCUT2D eigenvalue weighted by Crippen LogP contribution is 2.22. The Morgan fingerprint density at radius 2 is 2.50 bits per heavy atom. The summed E-state index contributed by atoms with van der Waals surface area (Å²) in [7, 11) is 0. The van der Waals surface area contributed by atoms with Gasteiger partial charge < -0.3 is 10.0 Å². The molecule has 5 heteroatoms. The predicted octanol–water partition coefficient (Wildman–Crippen LogP) is 1.09. The Bertz CT molecular complexity index is 321. The first-order chi connectivity index (χ1) is 6.81. The van der Waals surface area contributed by atoms with E-state index >= 15 is 0 Å². The van der Waals surface area contributed by atoms with Crippen molar-refractivity contribution in [3.05, 3.63) is 17.4 Å². The van der Waals surface area contributed by atoms with Gasteiger partial charge in [-0.15, -0.1) is 0 Å². The molecule has 1 aromatic rings. The van der Waals surface area contributed by atoms with Crippen molar-refractivity contribution in [2.24, 2.45) is 0 Å². The molecule has 14 heavy (non-hydrogen) atoms. The van der Waals surface area contributed by atoms with Crippen molar-refractivity contribution in [3.63, 3.8) is 0 Å². The van der Waals surface area contributed by atoms with Crippen LogP contribution in [0.5, 0.6) is 0 Å². The van der Waals surface area contributed by atoms with Crippen molar-refractivity contribution < 1.29 is 5.11 Å². The molecule has 4 nitrogen and oxygen atoms in total. The highest BCUT2D eigenvalue weighted by Gasteiger charge is 2.25. The van der Waals surface area contributed by atoms with E-state index in [-0.39, 0.29) is 12.6 Å². The van der Waals surface area contributed by atoms with Crippen molar-refractivity contribution >= 4 is 17.5 Å². The first kappa shape index (κ1) is 9.68. The van der Waals surface area contributed by atoms with Gasteiger partial charge in [0, 0.05) is 12.7 Å². The van der Waals surface area contributed by atoms with Gasteiger partial charge in [-0.25, -0.2) is 9.97 Å². The lowest BCUT2D eigenvalue weighted by molar-refractivity contribution is 0.265. The fraction of sp³-hybridized carbons (Fsp3) is 0.556. The second-order valence-electron chi connectivity index (χ2n) is 3.35. The van der Waals surface area contributed by atoms with Crippen molar-refractivity contribution in [2.75, 3.05) is 18.1 Å². The summed E-state index contributed by atoms with van der Waals surface area (Å²) in [5.41, 5.74) is 0. The number of anilines is 1. The van der Waals surface area contributed by atoms with Crippen LogP contribution in [0.15, 0.2) is 12.3 Å². The van der Waals surface area contributed by atoms with Crippen LogP contribution in [0.25, 0.3) is 0 Å². The molecule has 1 saturated heterocycles. The van der Waals surface area contributed by atoms with E-state index in [0.29, 0.717) is 11.1 Å². The topological polar surface area (TPSA) is 49.2 Å². The summed E-state index contributed by atoms with van der Waals surface area (Å²) < 4.78 is 0. The summed E-state index contributed by atoms with van der Waals surface area (Å²) in [6.07, 6.45) is 3.70. The lowest BCUT2D eigenvalue weighted by Crippen LogP contribution is -2.33. The molecule has 0 aromatic carbocycles. The van der Waals surface area contributed by atoms with Crippen molar-refractivity contribution in [1.82, 2.24) is 9.97 Å². The molecule has 0 bridgehead atoms. The number of nitrogens with zero attached hydrogens (tertiary/aromatic N) is 3. The Kier molecular flexibility index (Phi) is 2.84. The zero-order valence-electron chi connectivity index (χ0n) is 7.73. The van der Waals surface area contributed by atoms with Crippen LogP contribution in [0.2, 0.25) is 5.15 Å². The average molecular weight is 214 g/mol. The van der Waals surface area contributed by atoms with E-state index in [1.165, 1.54) is 0 Å². The number of hydrogen-bond donors (Lipinski definition) is 1. The minimum absolute atomic E-state index is 0.147. The van der Waals surface area contributed by atoms with Gasteiger partial charge in [-0.05, 0) is 18.9 Å². The molecular weight excluding hydrogens is 202 g/mol. The van der Waals surface area contributed by atoms with Crippen molar-refractivity contribution in [2.45, 2.75) is 18.9 Å². The second kappa shape index (κ2) is 4.11. The monoisotopic (exact) mass is 213 g/mol. The van der Waals surface area contributed by atoms with E-state index in [1.54, 1.807) is 12.3 Å². The maximum absolute atomic E-state index is 9.14. The smallest absolute Gasteiger partial charge is 0.227 e. The fourth-order valence-corrected chi connectivity index (χ4v) is 1.89. The molecule has 0 aliphatic carbocycles. The predicted molar refractivity (Wildman–Crippen MR) is 54.5 cm³/mol. The zero-order valence-corrected chi connectivity index (χ0v) is 8.48. The van der Waals surface area contributed by atoms with Crippen LogP contribution in [-0.2, 0) is 0 Å². The molecular formula is C9H12ClN3O. The van der Waals surface area contributed by atoms with E-state index in [2.05, 4.69) is 9.97 Å². The summed E-state index contributed by atoms with van der Waals surface area (Å²) in [6.45, 7) is 1.04. The van der Waals surface area contributed by atoms with Gasteiger partial charge >= 0.3 is 0 Å². The summed E-state index contributed by atoms with van der Waals surface area (Å²) >= 11 is 5.77. The van der Waals surface area contributed by atoms with Gasteiger partial charge in [0.2, 0.25) is 5.95 Å². The standard InChI is InChI=1S/C9H12ClN3O/c10-8-3-4-11-9(12-8)13-5-1-2-7(13)6-14/h3-4,7,14H,1-2,5-6H2. The average Bonchev–Trinajstić information content (AvgIpc) is 2.65. The van der Waals surface area contributed by atoms with Crippen LogP contribution in [0.4, 0.5) is 5.95 Å². The molecule has 1 aliphatic rings. The van der Waals surface area contributed by atoms with Crippen LogP contribution >= 0.6 is 11.6 Å². The van der Waals surface area contributed by atoms with Gasteiger partial charge in [-0.2, -0.15) is 0 Å². The third-order valence-electron chi connectivity index (χ3n) is 2.45. The van der Waals surface area contributed by atoms with Crippen molar-refractivity contribution in [1.29, 1.82) is 0 Å². The molecule has 1 unspecified atom stereocenters. The molecule has 1 N–H and O–H groups in total. The van der Waals surface area contributed by atoms with Gasteiger partial charge in [0.25, 0.3) is 0 Å². The third-order valence-corrected chi connectivity index (χ3v) is 2.66. The van der Waals surface area contributed by atoms with Crippen LogP contribution in [0, 0.1) is 0 Å². The molecule has 1 aliphatic heterocycles. The Hall–Kier alpha value is -0.870. The van der Waals surface area contributed by atoms with Crippen molar-refractivity contribution in [3.8, 4) is 0 Å². The molecule has 0 radical (unpaired) electrons. The van der Waals surface area contributed by atoms with Gasteiger partial charge in [0.1, 0.15) is 5.15 Å². The number of hydrogen-bond acceptors (Lipinski definition) is 4. The number of aliphatic hydroxyl groups excluding tert-OH is 1. The van der Waals surface area contributed by atoms with E-state index in [9.17, 15) is 0 Å². The molecule has 1 aromatic heterocycles. The van der Waals surface area contributed by atoms with Gasteiger partial charge in [0.15, 0.2) is 0 Å². The number of halogens is 1. The molecule has 2 rings (SSSR count). The molecule has 2 heterocycles. The van der Waals surface area contributed by atoms with Crippen LogP contribution in [0.1, 0.15) is 12.8 Å². The molecule has 1 fully saturated rings. The largest absolute Gasteiger partial charge is 0.394 e. The van der Waals surface area contributed by atoms with E-state index < -0.39 is 0 Å². The summed E-state index contributed by atoms with van der Waals surface area (Å²) in [4.78, 5) is 10.3. The molecule has 0 saturated carbocycles. The van der Waals surface area contributed by atoms with Crippen LogP contribution < -0.4 is 4.90 Å². The first-order valence-electron chi connectivity index (χ1n) is 4.67. The molecule has 1 atom stereocenters. The highest BCUT2D eigenvalue weighted by molar-refractivity contribution is 6.29. The van der Waals surface area contributed by atoms with E-state index in [0.717, 1.165) is 19.4 Å². The minimum atomic E-state index is 0.147.